The van der Waals surface area contributed by atoms with Crippen LogP contribution in [0.5, 0.6) is 0 Å². The van der Waals surface area contributed by atoms with Crippen molar-refractivity contribution in [1.29, 1.82) is 0 Å². The number of hydrogen-bond donors (Lipinski definition) is 0. The highest BCUT2D eigenvalue weighted by molar-refractivity contribution is 8.00. The molecule has 0 spiro atoms. The summed E-state index contributed by atoms with van der Waals surface area (Å²) >= 11 is -0.213. The van der Waals surface area contributed by atoms with E-state index in [9.17, 15) is 22.4 Å². The molecule has 178 valence electrons. The van der Waals surface area contributed by atoms with Crippen LogP contribution in [-0.4, -0.2) is 39.2 Å². The van der Waals surface area contributed by atoms with Crippen molar-refractivity contribution in [2.24, 2.45) is 0 Å². The molecule has 2 heterocycles. The van der Waals surface area contributed by atoms with Crippen LogP contribution in [0.25, 0.3) is 11.9 Å². The smallest absolute Gasteiger partial charge is 0.339 e. The van der Waals surface area contributed by atoms with E-state index in [0.29, 0.717) is 17.7 Å². The first-order valence-electron chi connectivity index (χ1n) is 10.8. The first-order valence-corrected chi connectivity index (χ1v) is 11.7. The summed E-state index contributed by atoms with van der Waals surface area (Å²) in [5.41, 5.74) is -1.55. The number of halogens is 4. The van der Waals surface area contributed by atoms with E-state index >= 15 is 0 Å². The minimum Gasteiger partial charge on any atom is -0.339 e. The van der Waals surface area contributed by atoms with Crippen LogP contribution in [0, 0.1) is 6.92 Å². The minimum absolute atomic E-state index is 0.0193. The maximum Gasteiger partial charge on any atom is 0.446 e. The summed E-state index contributed by atoms with van der Waals surface area (Å²) in [7, 11) is 0. The number of carbonyl (C=O) groups is 1. The number of nitrogens with zero attached hydrogens (tertiary/aromatic N) is 3. The van der Waals surface area contributed by atoms with Gasteiger partial charge >= 0.3 is 5.51 Å². The number of aryl methyl sites for hydroxylation is 1. The maximum atomic E-state index is 14.8. The molecule has 1 fully saturated rings. The lowest BCUT2D eigenvalue weighted by atomic mass is 10.1. The van der Waals surface area contributed by atoms with Crippen LogP contribution < -0.4 is 0 Å². The molecule has 2 aromatic carbocycles. The third kappa shape index (κ3) is 6.08. The molecule has 4 nitrogen and oxygen atoms in total. The number of hydrogen-bond acceptors (Lipinski definition) is 3. The maximum absolute atomic E-state index is 14.8. The van der Waals surface area contributed by atoms with E-state index in [1.165, 1.54) is 30.3 Å². The highest BCUT2D eigenvalue weighted by Gasteiger charge is 2.29. The zero-order valence-electron chi connectivity index (χ0n) is 18.5. The number of amides is 1. The molecule has 0 bridgehead atoms. The molecule has 0 unspecified atom stereocenters. The fourth-order valence-corrected chi connectivity index (χ4v) is 4.39. The number of rotatable bonds is 6. The predicted octanol–water partition coefficient (Wildman–Crippen LogP) is 6.56. The van der Waals surface area contributed by atoms with Gasteiger partial charge in [0.25, 0.3) is 5.91 Å². The summed E-state index contributed by atoms with van der Waals surface area (Å²) in [5, 5.41) is 4.34. The second-order valence-corrected chi connectivity index (χ2v) is 9.28. The van der Waals surface area contributed by atoms with Crippen LogP contribution in [0.4, 0.5) is 17.6 Å². The number of thioether (sulfide) groups is 1. The SMILES string of the molecule is Cc1cc(/C(F)=C/c2ccc(SC(F)(F)F)cc2)nn1Cc1cccc(C(=O)N2CCCC2)c1. The standard InChI is InChI=1S/C25H23F4N3OS/c1-17-13-23(22(26)15-18-7-9-21(10-8-18)34-25(27,28)29)30-32(17)16-19-5-4-6-20(14-19)24(33)31-11-2-3-12-31/h4-10,13-15H,2-3,11-12,16H2,1H3/b22-15-. The van der Waals surface area contributed by atoms with Crippen LogP contribution in [0.2, 0.25) is 0 Å². The zero-order valence-corrected chi connectivity index (χ0v) is 19.3. The number of likely N-dealkylation sites (tertiary alicyclic amines) is 1. The van der Waals surface area contributed by atoms with Gasteiger partial charge in [0, 0.05) is 29.2 Å². The van der Waals surface area contributed by atoms with E-state index < -0.39 is 11.3 Å². The second kappa shape index (κ2) is 10.0. The predicted molar refractivity (Wildman–Crippen MR) is 125 cm³/mol. The summed E-state index contributed by atoms with van der Waals surface area (Å²) in [6.07, 6.45) is 3.29. The van der Waals surface area contributed by atoms with Gasteiger partial charge in [-0.15, -0.1) is 0 Å². The molecule has 1 aromatic heterocycles. The Morgan fingerprint density at radius 2 is 1.79 bits per heavy atom. The molecule has 0 radical (unpaired) electrons. The van der Waals surface area contributed by atoms with Crippen LogP contribution in [0.15, 0.2) is 59.5 Å². The Morgan fingerprint density at radius 1 is 1.09 bits per heavy atom. The van der Waals surface area contributed by atoms with Crippen molar-refractivity contribution in [3.8, 4) is 0 Å². The Labute approximate surface area is 199 Å². The molecule has 1 aliphatic rings. The van der Waals surface area contributed by atoms with Crippen LogP contribution in [0.1, 0.15) is 45.7 Å². The van der Waals surface area contributed by atoms with Crippen molar-refractivity contribution in [1.82, 2.24) is 14.7 Å². The number of benzene rings is 2. The highest BCUT2D eigenvalue weighted by atomic mass is 32.2. The number of carbonyl (C=O) groups excluding carboxylic acids is 1. The molecule has 1 amide bonds. The quantitative estimate of drug-likeness (QED) is 0.291. The van der Waals surface area contributed by atoms with Gasteiger partial charge in [0.2, 0.25) is 0 Å². The Bertz CT molecular complexity index is 1200. The fourth-order valence-electron chi connectivity index (χ4n) is 3.85. The Balaban J connectivity index is 1.47. The van der Waals surface area contributed by atoms with Gasteiger partial charge in [0.1, 0.15) is 5.69 Å². The molecule has 4 rings (SSSR count). The zero-order chi connectivity index (χ0) is 24.3. The van der Waals surface area contributed by atoms with Crippen molar-refractivity contribution in [2.45, 2.75) is 36.7 Å². The van der Waals surface area contributed by atoms with E-state index in [4.69, 9.17) is 0 Å². The molecule has 1 saturated heterocycles. The van der Waals surface area contributed by atoms with Crippen LogP contribution >= 0.6 is 11.8 Å². The molecular weight excluding hydrogens is 466 g/mol. The molecule has 9 heteroatoms. The summed E-state index contributed by atoms with van der Waals surface area (Å²) < 4.78 is 53.9. The molecular formula is C25H23F4N3OS. The normalized spacial score (nSPS) is 14.6. The average molecular weight is 490 g/mol. The first kappa shape index (κ1) is 24.1. The first-order chi connectivity index (χ1) is 16.2. The summed E-state index contributed by atoms with van der Waals surface area (Å²) in [4.78, 5) is 14.6. The van der Waals surface area contributed by atoms with Gasteiger partial charge in [0.05, 0.1) is 6.54 Å². The Kier molecular flexibility index (Phi) is 7.11. The Morgan fingerprint density at radius 3 is 2.47 bits per heavy atom. The van der Waals surface area contributed by atoms with Gasteiger partial charge in [0.15, 0.2) is 5.83 Å². The largest absolute Gasteiger partial charge is 0.446 e. The fraction of sp³-hybridized carbons (Fsp3) is 0.280. The lowest BCUT2D eigenvalue weighted by molar-refractivity contribution is -0.0328. The van der Waals surface area contributed by atoms with Gasteiger partial charge in [-0.05, 0) is 79.1 Å². The van der Waals surface area contributed by atoms with Gasteiger partial charge in [-0.1, -0.05) is 24.3 Å². The lowest BCUT2D eigenvalue weighted by Crippen LogP contribution is -2.27. The van der Waals surface area contributed by atoms with Crippen molar-refractivity contribution in [3.05, 3.63) is 82.7 Å². The molecule has 1 aliphatic heterocycles. The van der Waals surface area contributed by atoms with Crippen molar-refractivity contribution >= 4 is 29.6 Å². The monoisotopic (exact) mass is 489 g/mol. The average Bonchev–Trinajstić information content (AvgIpc) is 3.44. The third-order valence-corrected chi connectivity index (χ3v) is 6.27. The molecule has 0 N–H and O–H groups in total. The lowest BCUT2D eigenvalue weighted by Gasteiger charge is -2.15. The minimum atomic E-state index is -4.37. The summed E-state index contributed by atoms with van der Waals surface area (Å²) in [6, 6.07) is 14.4. The number of alkyl halides is 3. The van der Waals surface area contributed by atoms with E-state index in [1.54, 1.807) is 16.8 Å². The molecule has 0 aliphatic carbocycles. The number of aromatic nitrogens is 2. The van der Waals surface area contributed by atoms with E-state index in [1.807, 2.05) is 30.0 Å². The van der Waals surface area contributed by atoms with E-state index in [-0.39, 0.29) is 28.3 Å². The molecule has 0 saturated carbocycles. The van der Waals surface area contributed by atoms with Gasteiger partial charge < -0.3 is 4.90 Å². The Hall–Kier alpha value is -3.07. The van der Waals surface area contributed by atoms with Gasteiger partial charge in [-0.3, -0.25) is 9.48 Å². The summed E-state index contributed by atoms with van der Waals surface area (Å²) in [6.45, 7) is 3.75. The molecule has 34 heavy (non-hydrogen) atoms. The topological polar surface area (TPSA) is 38.1 Å². The third-order valence-electron chi connectivity index (χ3n) is 5.53. The molecule has 0 atom stereocenters. The van der Waals surface area contributed by atoms with Crippen molar-refractivity contribution in [3.63, 3.8) is 0 Å². The van der Waals surface area contributed by atoms with Crippen LogP contribution in [0.3, 0.4) is 0 Å². The van der Waals surface area contributed by atoms with Crippen LogP contribution in [-0.2, 0) is 6.54 Å². The highest BCUT2D eigenvalue weighted by Crippen LogP contribution is 2.37. The van der Waals surface area contributed by atoms with E-state index in [2.05, 4.69) is 5.10 Å². The van der Waals surface area contributed by atoms with Gasteiger partial charge in [-0.25, -0.2) is 4.39 Å². The van der Waals surface area contributed by atoms with E-state index in [0.717, 1.165) is 37.2 Å². The van der Waals surface area contributed by atoms with Gasteiger partial charge in [-0.2, -0.15) is 18.3 Å². The summed E-state index contributed by atoms with van der Waals surface area (Å²) in [5.74, 6) is -0.568. The second-order valence-electron chi connectivity index (χ2n) is 8.14. The van der Waals surface area contributed by atoms with Crippen molar-refractivity contribution < 1.29 is 22.4 Å². The molecule has 3 aromatic rings. The van der Waals surface area contributed by atoms with Crippen molar-refractivity contribution in [2.75, 3.05) is 13.1 Å².